The molecule has 0 radical (unpaired) electrons. The summed E-state index contributed by atoms with van der Waals surface area (Å²) in [6, 6.07) is 0. The Labute approximate surface area is 153 Å². The van der Waals surface area contributed by atoms with Gasteiger partial charge in [-0.3, -0.25) is 0 Å². The molecular formula is C23H46O. The van der Waals surface area contributed by atoms with E-state index in [-0.39, 0.29) is 0 Å². The van der Waals surface area contributed by atoms with Crippen LogP contribution in [0, 0.1) is 17.3 Å². The second kappa shape index (κ2) is 13.2. The van der Waals surface area contributed by atoms with E-state index in [9.17, 15) is 0 Å². The Hall–Kier alpha value is -0.0400. The van der Waals surface area contributed by atoms with Crippen molar-refractivity contribution >= 4 is 0 Å². The van der Waals surface area contributed by atoms with Gasteiger partial charge in [-0.1, -0.05) is 91.9 Å². The fourth-order valence-corrected chi connectivity index (χ4v) is 3.80. The molecule has 1 fully saturated rings. The zero-order valence-corrected chi connectivity index (χ0v) is 17.4. The number of unbranched alkanes of at least 4 members (excludes halogenated alkanes) is 7. The molecule has 144 valence electrons. The summed E-state index contributed by atoms with van der Waals surface area (Å²) in [7, 11) is 0. The van der Waals surface area contributed by atoms with Crippen LogP contribution < -0.4 is 0 Å². The van der Waals surface area contributed by atoms with Crippen LogP contribution in [0.25, 0.3) is 0 Å². The smallest absolute Gasteiger partial charge is 0.0466 e. The van der Waals surface area contributed by atoms with E-state index in [1.54, 1.807) is 6.42 Å². The second-order valence-electron chi connectivity index (χ2n) is 9.44. The Morgan fingerprint density at radius 2 is 1.25 bits per heavy atom. The molecule has 1 heteroatoms. The lowest BCUT2D eigenvalue weighted by Gasteiger charge is -2.17. The molecule has 1 rings (SSSR count). The molecule has 0 amide bonds. The first-order chi connectivity index (χ1) is 11.5. The number of ether oxygens (including phenoxy) is 1. The summed E-state index contributed by atoms with van der Waals surface area (Å²) in [5.41, 5.74) is 0.458. The highest BCUT2D eigenvalue weighted by Gasteiger charge is 2.34. The Balaban J connectivity index is 1.74. The molecule has 1 saturated carbocycles. The third kappa shape index (κ3) is 13.3. The maximum atomic E-state index is 5.76. The van der Waals surface area contributed by atoms with Gasteiger partial charge in [0.1, 0.15) is 0 Å². The van der Waals surface area contributed by atoms with Gasteiger partial charge in [0, 0.05) is 13.2 Å². The lowest BCUT2D eigenvalue weighted by Crippen LogP contribution is -2.07. The monoisotopic (exact) mass is 338 g/mol. The molecule has 0 aliphatic heterocycles. The average Bonchev–Trinajstić information content (AvgIpc) is 3.26. The molecule has 0 N–H and O–H groups in total. The maximum absolute atomic E-state index is 5.76. The standard InChI is InChI=1S/C23H46O/c1-5-6-7-8-11-15-21-20-22(21)16-12-9-10-13-18-24-19-14-17-23(2,3)4/h21-22H,5-20H2,1-4H3. The zero-order chi connectivity index (χ0) is 17.7. The molecular weight excluding hydrogens is 292 g/mol. The van der Waals surface area contributed by atoms with Crippen molar-refractivity contribution in [2.24, 2.45) is 17.3 Å². The highest BCUT2D eigenvalue weighted by atomic mass is 16.5. The fourth-order valence-electron chi connectivity index (χ4n) is 3.80. The van der Waals surface area contributed by atoms with Crippen LogP contribution in [0.2, 0.25) is 0 Å². The molecule has 0 aromatic heterocycles. The number of hydrogen-bond donors (Lipinski definition) is 0. The molecule has 2 atom stereocenters. The molecule has 0 aromatic carbocycles. The largest absolute Gasteiger partial charge is 0.381 e. The van der Waals surface area contributed by atoms with Crippen LogP contribution in [-0.2, 0) is 4.74 Å². The van der Waals surface area contributed by atoms with Crippen molar-refractivity contribution in [3.05, 3.63) is 0 Å². The van der Waals surface area contributed by atoms with E-state index in [1.807, 2.05) is 0 Å². The van der Waals surface area contributed by atoms with Crippen molar-refractivity contribution < 1.29 is 4.74 Å². The topological polar surface area (TPSA) is 9.23 Å². The first-order valence-electron chi connectivity index (χ1n) is 11.1. The van der Waals surface area contributed by atoms with Gasteiger partial charge in [-0.15, -0.1) is 0 Å². The maximum Gasteiger partial charge on any atom is 0.0466 e. The van der Waals surface area contributed by atoms with Gasteiger partial charge < -0.3 is 4.74 Å². The predicted octanol–water partition coefficient (Wildman–Crippen LogP) is 7.78. The van der Waals surface area contributed by atoms with Gasteiger partial charge in [0.15, 0.2) is 0 Å². The van der Waals surface area contributed by atoms with Crippen LogP contribution in [0.4, 0.5) is 0 Å². The summed E-state index contributed by atoms with van der Waals surface area (Å²) in [6.45, 7) is 11.2. The van der Waals surface area contributed by atoms with Crippen LogP contribution >= 0.6 is 0 Å². The molecule has 0 saturated heterocycles. The van der Waals surface area contributed by atoms with E-state index in [2.05, 4.69) is 27.7 Å². The Morgan fingerprint density at radius 1 is 0.708 bits per heavy atom. The van der Waals surface area contributed by atoms with Crippen LogP contribution in [0.1, 0.15) is 118 Å². The summed E-state index contributed by atoms with van der Waals surface area (Å²) in [4.78, 5) is 0. The van der Waals surface area contributed by atoms with Crippen molar-refractivity contribution in [1.82, 2.24) is 0 Å². The summed E-state index contributed by atoms with van der Waals surface area (Å²) < 4.78 is 5.76. The van der Waals surface area contributed by atoms with Crippen molar-refractivity contribution in [3.63, 3.8) is 0 Å². The summed E-state index contributed by atoms with van der Waals surface area (Å²) in [5, 5.41) is 0. The van der Waals surface area contributed by atoms with Crippen LogP contribution in [0.3, 0.4) is 0 Å². The highest BCUT2D eigenvalue weighted by Crippen LogP contribution is 2.45. The molecule has 1 aliphatic rings. The SMILES string of the molecule is CCCCCCCC1CC1CCCCCCOCCCC(C)(C)C. The van der Waals surface area contributed by atoms with Crippen LogP contribution in [-0.4, -0.2) is 13.2 Å². The minimum atomic E-state index is 0.458. The Kier molecular flexibility index (Phi) is 12.1. The lowest BCUT2D eigenvalue weighted by molar-refractivity contribution is 0.118. The molecule has 24 heavy (non-hydrogen) atoms. The van der Waals surface area contributed by atoms with Gasteiger partial charge in [-0.25, -0.2) is 0 Å². The van der Waals surface area contributed by atoms with Crippen LogP contribution in [0.15, 0.2) is 0 Å². The predicted molar refractivity (Wildman–Crippen MR) is 108 cm³/mol. The van der Waals surface area contributed by atoms with Crippen molar-refractivity contribution in [2.75, 3.05) is 13.2 Å². The van der Waals surface area contributed by atoms with Crippen molar-refractivity contribution in [2.45, 2.75) is 118 Å². The summed E-state index contributed by atoms with van der Waals surface area (Å²) in [6.07, 6.45) is 19.8. The van der Waals surface area contributed by atoms with E-state index >= 15 is 0 Å². The minimum Gasteiger partial charge on any atom is -0.381 e. The van der Waals surface area contributed by atoms with Crippen molar-refractivity contribution in [1.29, 1.82) is 0 Å². The Bertz CT molecular complexity index is 278. The first kappa shape index (κ1) is 22.0. The molecule has 1 aliphatic carbocycles. The summed E-state index contributed by atoms with van der Waals surface area (Å²) >= 11 is 0. The van der Waals surface area contributed by atoms with Crippen LogP contribution in [0.5, 0.6) is 0 Å². The van der Waals surface area contributed by atoms with Crippen molar-refractivity contribution in [3.8, 4) is 0 Å². The zero-order valence-electron chi connectivity index (χ0n) is 17.4. The fraction of sp³-hybridized carbons (Fsp3) is 1.00. The molecule has 0 spiro atoms. The van der Waals surface area contributed by atoms with E-state index in [1.165, 1.54) is 83.5 Å². The molecule has 2 unspecified atom stereocenters. The highest BCUT2D eigenvalue weighted by molar-refractivity contribution is 4.85. The van der Waals surface area contributed by atoms with E-state index in [0.29, 0.717) is 5.41 Å². The average molecular weight is 339 g/mol. The van der Waals surface area contributed by atoms with Gasteiger partial charge in [0.05, 0.1) is 0 Å². The molecule has 0 aromatic rings. The third-order valence-corrected chi connectivity index (χ3v) is 5.58. The molecule has 0 heterocycles. The normalized spacial score (nSPS) is 20.5. The van der Waals surface area contributed by atoms with E-state index in [4.69, 9.17) is 4.74 Å². The molecule has 1 nitrogen and oxygen atoms in total. The third-order valence-electron chi connectivity index (χ3n) is 5.58. The Morgan fingerprint density at radius 3 is 1.83 bits per heavy atom. The van der Waals surface area contributed by atoms with Gasteiger partial charge >= 0.3 is 0 Å². The number of hydrogen-bond acceptors (Lipinski definition) is 1. The summed E-state index contributed by atoms with van der Waals surface area (Å²) in [5.74, 6) is 2.21. The van der Waals surface area contributed by atoms with Gasteiger partial charge in [0.2, 0.25) is 0 Å². The van der Waals surface area contributed by atoms with Gasteiger partial charge in [-0.2, -0.15) is 0 Å². The van der Waals surface area contributed by atoms with Gasteiger partial charge in [0.25, 0.3) is 0 Å². The van der Waals surface area contributed by atoms with E-state index < -0.39 is 0 Å². The quantitative estimate of drug-likeness (QED) is 0.261. The minimum absolute atomic E-state index is 0.458. The number of rotatable bonds is 16. The van der Waals surface area contributed by atoms with E-state index in [0.717, 1.165) is 25.0 Å². The molecule has 0 bridgehead atoms. The van der Waals surface area contributed by atoms with Gasteiger partial charge in [-0.05, 0) is 42.9 Å². The first-order valence-corrected chi connectivity index (χ1v) is 11.1. The lowest BCUT2D eigenvalue weighted by atomic mass is 9.91. The second-order valence-corrected chi connectivity index (χ2v) is 9.44.